The molecule has 0 aromatic heterocycles. The number of alkyl halides is 3. The van der Waals surface area contributed by atoms with Gasteiger partial charge in [0.2, 0.25) is 5.60 Å². The number of rotatable bonds is 16. The van der Waals surface area contributed by atoms with E-state index in [-0.39, 0.29) is 24.2 Å². The van der Waals surface area contributed by atoms with Gasteiger partial charge in [0.15, 0.2) is 11.5 Å². The first-order valence-corrected chi connectivity index (χ1v) is 11.9. The van der Waals surface area contributed by atoms with Gasteiger partial charge in [0.25, 0.3) is 5.91 Å². The van der Waals surface area contributed by atoms with Crippen molar-refractivity contribution in [2.75, 3.05) is 41.1 Å². The first kappa shape index (κ1) is 35.2. The van der Waals surface area contributed by atoms with E-state index in [1.54, 1.807) is 14.2 Å². The highest BCUT2D eigenvalue weighted by atomic mass is 35.5. The fraction of sp³-hybridized carbons (Fsp3) is 0.720. The van der Waals surface area contributed by atoms with E-state index >= 15 is 0 Å². The zero-order valence-electron chi connectivity index (χ0n) is 22.4. The summed E-state index contributed by atoms with van der Waals surface area (Å²) >= 11 is 0. The van der Waals surface area contributed by atoms with Gasteiger partial charge in [-0.2, -0.15) is 13.2 Å². The van der Waals surface area contributed by atoms with Gasteiger partial charge in [-0.1, -0.05) is 19.9 Å². The summed E-state index contributed by atoms with van der Waals surface area (Å²) in [7, 11) is 4.00. The molecule has 1 rings (SSSR count). The molecular formula is C25H42ClF3N2O6. The zero-order valence-corrected chi connectivity index (χ0v) is 23.2. The quantitative estimate of drug-likeness (QED) is 0.266. The molecule has 0 spiro atoms. The number of hydrogen-bond donors (Lipinski definition) is 3. The van der Waals surface area contributed by atoms with Crippen molar-refractivity contribution in [1.29, 1.82) is 0 Å². The molecule has 0 unspecified atom stereocenters. The molecule has 0 bridgehead atoms. The Morgan fingerprint density at radius 1 is 1.14 bits per heavy atom. The zero-order chi connectivity index (χ0) is 27.5. The third kappa shape index (κ3) is 10.5. The van der Waals surface area contributed by atoms with Crippen molar-refractivity contribution in [2.24, 2.45) is 17.6 Å². The van der Waals surface area contributed by atoms with Crippen LogP contribution in [0.15, 0.2) is 18.2 Å². The number of carbonyl (C=O) groups excluding carboxylic acids is 1. The summed E-state index contributed by atoms with van der Waals surface area (Å²) in [5.74, 6) is 0.0986. The van der Waals surface area contributed by atoms with Crippen LogP contribution < -0.4 is 20.5 Å². The third-order valence-corrected chi connectivity index (χ3v) is 6.34. The van der Waals surface area contributed by atoms with Crippen LogP contribution in [0.25, 0.3) is 0 Å². The number of hydrogen-bond acceptors (Lipinski definition) is 7. The highest BCUT2D eigenvalue weighted by Crippen LogP contribution is 2.33. The van der Waals surface area contributed by atoms with Gasteiger partial charge in [0, 0.05) is 39.8 Å². The van der Waals surface area contributed by atoms with E-state index in [1.807, 2.05) is 32.0 Å². The van der Waals surface area contributed by atoms with Gasteiger partial charge >= 0.3 is 6.18 Å². The van der Waals surface area contributed by atoms with Crippen molar-refractivity contribution in [3.63, 3.8) is 0 Å². The maximum Gasteiger partial charge on any atom is 0.426 e. The van der Waals surface area contributed by atoms with Gasteiger partial charge in [0.1, 0.15) is 0 Å². The Morgan fingerprint density at radius 2 is 1.78 bits per heavy atom. The number of methoxy groups -OCH3 is 3. The van der Waals surface area contributed by atoms with E-state index < -0.39 is 36.4 Å². The van der Waals surface area contributed by atoms with Gasteiger partial charge in [-0.05, 0) is 49.3 Å². The number of halogens is 4. The maximum atomic E-state index is 13.2. The number of amides is 1. The second-order valence-corrected chi connectivity index (χ2v) is 9.30. The second-order valence-electron chi connectivity index (χ2n) is 9.30. The van der Waals surface area contributed by atoms with Crippen LogP contribution in [0.2, 0.25) is 0 Å². The van der Waals surface area contributed by atoms with E-state index in [2.05, 4.69) is 10.1 Å². The molecule has 216 valence electrons. The minimum Gasteiger partial charge on any atom is -0.493 e. The Morgan fingerprint density at radius 3 is 2.30 bits per heavy atom. The standard InChI is InChI=1S/C25H41F3N2O6.ClH/c1-16(2)18(12-17-8-9-21(34-5)22(13-17)36-11-7-10-33-4)14-19(29)20(31)15-30-23(32)24(3,35-6)25(26,27)28;/h8-9,13,16,18-20,31H,7,10-12,14-15,29H2,1-6H3,(H,30,32);1H/t18-,19-,20-,24-;/m0./s1. The molecular weight excluding hydrogens is 517 g/mol. The van der Waals surface area contributed by atoms with Gasteiger partial charge < -0.3 is 35.1 Å². The molecule has 0 aliphatic carbocycles. The Hall–Kier alpha value is -1.79. The molecule has 1 amide bonds. The van der Waals surface area contributed by atoms with Crippen molar-refractivity contribution in [3.05, 3.63) is 23.8 Å². The highest BCUT2D eigenvalue weighted by molar-refractivity contribution is 5.86. The van der Waals surface area contributed by atoms with Crippen molar-refractivity contribution < 1.29 is 42.0 Å². The molecule has 37 heavy (non-hydrogen) atoms. The Kier molecular flexibility index (Phi) is 15.4. The van der Waals surface area contributed by atoms with Crippen LogP contribution >= 0.6 is 12.4 Å². The van der Waals surface area contributed by atoms with Crippen molar-refractivity contribution >= 4 is 18.3 Å². The van der Waals surface area contributed by atoms with Crippen molar-refractivity contribution in [3.8, 4) is 11.5 Å². The molecule has 0 fully saturated rings. The lowest BCUT2D eigenvalue weighted by Crippen LogP contribution is -2.58. The van der Waals surface area contributed by atoms with Crippen LogP contribution in [-0.2, 0) is 20.7 Å². The average Bonchev–Trinajstić information content (AvgIpc) is 2.83. The molecule has 0 saturated carbocycles. The lowest BCUT2D eigenvalue weighted by Gasteiger charge is -2.31. The summed E-state index contributed by atoms with van der Waals surface area (Å²) in [5, 5.41) is 12.6. The van der Waals surface area contributed by atoms with Crippen LogP contribution in [0.4, 0.5) is 13.2 Å². The number of aliphatic hydroxyl groups is 1. The summed E-state index contributed by atoms with van der Waals surface area (Å²) in [4.78, 5) is 12.1. The van der Waals surface area contributed by atoms with E-state index in [0.717, 1.165) is 19.1 Å². The van der Waals surface area contributed by atoms with Gasteiger partial charge in [-0.25, -0.2) is 0 Å². The minimum atomic E-state index is -4.91. The lowest BCUT2D eigenvalue weighted by atomic mass is 9.83. The summed E-state index contributed by atoms with van der Waals surface area (Å²) in [6, 6.07) is 4.91. The fourth-order valence-electron chi connectivity index (χ4n) is 3.60. The molecule has 4 atom stereocenters. The summed E-state index contributed by atoms with van der Waals surface area (Å²) < 4.78 is 60.2. The van der Waals surface area contributed by atoms with Crippen LogP contribution in [0.1, 0.15) is 39.2 Å². The number of benzene rings is 1. The van der Waals surface area contributed by atoms with Crippen LogP contribution in [0, 0.1) is 11.8 Å². The number of ether oxygens (including phenoxy) is 4. The van der Waals surface area contributed by atoms with Crippen LogP contribution in [0.5, 0.6) is 11.5 Å². The SMILES string of the molecule is COCCCOc1cc(C[C@@H](C[C@H](N)[C@@H](O)CNC(=O)[C@](C)(OC)C(F)(F)F)C(C)C)ccc1OC.Cl. The van der Waals surface area contributed by atoms with Crippen LogP contribution in [-0.4, -0.2) is 76.0 Å². The van der Waals surface area contributed by atoms with Gasteiger partial charge in [-0.15, -0.1) is 12.4 Å². The second kappa shape index (κ2) is 16.2. The predicted octanol–water partition coefficient (Wildman–Crippen LogP) is 3.51. The third-order valence-electron chi connectivity index (χ3n) is 6.34. The topological polar surface area (TPSA) is 112 Å². The molecule has 1 aromatic rings. The molecule has 0 aliphatic heterocycles. The maximum absolute atomic E-state index is 13.2. The van der Waals surface area contributed by atoms with Gasteiger partial charge in [0.05, 0.1) is 19.8 Å². The summed E-state index contributed by atoms with van der Waals surface area (Å²) in [6.07, 6.45) is -4.38. The molecule has 0 aliphatic rings. The number of nitrogens with one attached hydrogen (secondary N) is 1. The number of nitrogens with two attached hydrogens (primary N) is 1. The van der Waals surface area contributed by atoms with Gasteiger partial charge in [-0.3, -0.25) is 4.79 Å². The normalized spacial score (nSPS) is 15.8. The van der Waals surface area contributed by atoms with Crippen molar-refractivity contribution in [1.82, 2.24) is 5.32 Å². The number of aliphatic hydroxyl groups excluding tert-OH is 1. The molecule has 12 heteroatoms. The van der Waals surface area contributed by atoms with E-state index in [0.29, 0.717) is 44.5 Å². The highest BCUT2D eigenvalue weighted by Gasteiger charge is 2.57. The number of carbonyl (C=O) groups is 1. The van der Waals surface area contributed by atoms with E-state index in [9.17, 15) is 23.1 Å². The molecule has 8 nitrogen and oxygen atoms in total. The molecule has 4 N–H and O–H groups in total. The van der Waals surface area contributed by atoms with E-state index in [1.165, 1.54) is 0 Å². The monoisotopic (exact) mass is 558 g/mol. The molecule has 0 radical (unpaired) electrons. The summed E-state index contributed by atoms with van der Waals surface area (Å²) in [5.41, 5.74) is 4.16. The lowest BCUT2D eigenvalue weighted by molar-refractivity contribution is -0.253. The smallest absolute Gasteiger partial charge is 0.426 e. The minimum absolute atomic E-state index is 0. The first-order valence-electron chi connectivity index (χ1n) is 11.9. The molecule has 1 aromatic carbocycles. The predicted molar refractivity (Wildman–Crippen MR) is 137 cm³/mol. The summed E-state index contributed by atoms with van der Waals surface area (Å²) in [6.45, 7) is 5.32. The molecule has 0 saturated heterocycles. The van der Waals surface area contributed by atoms with Crippen LogP contribution in [0.3, 0.4) is 0 Å². The average molecular weight is 559 g/mol. The Balaban J connectivity index is 0.0000130. The molecule has 0 heterocycles. The van der Waals surface area contributed by atoms with E-state index in [4.69, 9.17) is 19.9 Å². The Labute approximate surface area is 223 Å². The first-order chi connectivity index (χ1) is 16.8. The largest absolute Gasteiger partial charge is 0.493 e. The fourth-order valence-corrected chi connectivity index (χ4v) is 3.60. The Bertz CT molecular complexity index is 815. The van der Waals surface area contributed by atoms with Crippen molar-refractivity contribution in [2.45, 2.75) is 64.0 Å².